The molecule has 1 aromatic heterocycles. The first kappa shape index (κ1) is 14.1. The Hall–Kier alpha value is -1.82. The van der Waals surface area contributed by atoms with Gasteiger partial charge in [0.2, 0.25) is 0 Å². The number of amides is 1. The van der Waals surface area contributed by atoms with E-state index in [9.17, 15) is 13.2 Å². The summed E-state index contributed by atoms with van der Waals surface area (Å²) in [6.07, 6.45) is 2.45. The highest BCUT2D eigenvalue weighted by Crippen LogP contribution is 2.21. The fraction of sp³-hybridized carbons (Fsp3) is 0.400. The highest BCUT2D eigenvalue weighted by Gasteiger charge is 2.28. The first-order valence-electron chi connectivity index (χ1n) is 6.99. The maximum atomic E-state index is 12.3. The van der Waals surface area contributed by atoms with E-state index in [1.807, 2.05) is 42.1 Å². The summed E-state index contributed by atoms with van der Waals surface area (Å²) in [5.74, 6) is 0.315. The zero-order chi connectivity index (χ0) is 15.0. The second-order valence-corrected chi connectivity index (χ2v) is 7.88. The summed E-state index contributed by atoms with van der Waals surface area (Å²) in [5, 5.41) is 3.78. The van der Waals surface area contributed by atoms with Crippen molar-refractivity contribution >= 4 is 26.6 Å². The molecule has 0 spiro atoms. The molecule has 0 aliphatic carbocycles. The number of nitrogens with zero attached hydrogens (tertiary/aromatic N) is 1. The number of para-hydroxylation sites is 1. The molecule has 2 aromatic rings. The molecule has 1 fully saturated rings. The van der Waals surface area contributed by atoms with E-state index in [0.717, 1.165) is 10.9 Å². The van der Waals surface area contributed by atoms with Gasteiger partial charge in [0, 0.05) is 30.7 Å². The zero-order valence-electron chi connectivity index (χ0n) is 11.9. The number of fused-ring (bicyclic) bond motifs is 1. The third-order valence-electron chi connectivity index (χ3n) is 4.02. The molecule has 3 rings (SSSR count). The first-order valence-corrected chi connectivity index (χ1v) is 8.81. The Balaban J connectivity index is 1.73. The number of rotatable bonds is 3. The second-order valence-electron chi connectivity index (χ2n) is 5.65. The Kier molecular flexibility index (Phi) is 3.49. The van der Waals surface area contributed by atoms with Crippen molar-refractivity contribution in [3.05, 3.63) is 36.0 Å². The van der Waals surface area contributed by atoms with Gasteiger partial charge in [-0.3, -0.25) is 4.79 Å². The zero-order valence-corrected chi connectivity index (χ0v) is 12.7. The van der Waals surface area contributed by atoms with Gasteiger partial charge in [-0.15, -0.1) is 0 Å². The van der Waals surface area contributed by atoms with Crippen LogP contribution in [0.3, 0.4) is 0 Å². The Labute approximate surface area is 123 Å². The smallest absolute Gasteiger partial charge is 0.253 e. The van der Waals surface area contributed by atoms with Gasteiger partial charge < -0.3 is 9.88 Å². The first-order chi connectivity index (χ1) is 9.96. The molecule has 1 aromatic carbocycles. The molecule has 1 N–H and O–H groups in total. The molecule has 0 bridgehead atoms. The molecule has 1 atom stereocenters. The van der Waals surface area contributed by atoms with Gasteiger partial charge in [0.05, 0.1) is 17.1 Å². The van der Waals surface area contributed by atoms with Gasteiger partial charge in [0.15, 0.2) is 9.84 Å². The van der Waals surface area contributed by atoms with Gasteiger partial charge in [-0.1, -0.05) is 18.2 Å². The maximum absolute atomic E-state index is 12.3. The molecular weight excluding hydrogens is 288 g/mol. The van der Waals surface area contributed by atoms with Crippen molar-refractivity contribution in [1.29, 1.82) is 0 Å². The number of carbonyl (C=O) groups excluding carboxylic acids is 1. The predicted octanol–water partition coefficient (Wildman–Crippen LogP) is 1.34. The van der Waals surface area contributed by atoms with Crippen LogP contribution in [0, 0.1) is 5.92 Å². The number of sulfone groups is 1. The number of aromatic nitrogens is 1. The number of aryl methyl sites for hydroxylation is 1. The van der Waals surface area contributed by atoms with Crippen molar-refractivity contribution in [3.8, 4) is 0 Å². The minimum absolute atomic E-state index is 0.0360. The molecule has 2 heterocycles. The van der Waals surface area contributed by atoms with E-state index in [4.69, 9.17) is 0 Å². The van der Waals surface area contributed by atoms with Crippen molar-refractivity contribution in [2.24, 2.45) is 13.0 Å². The standard InChI is InChI=1S/C15H18N2O3S/c1-17-9-13(12-4-2-3-5-14(12)17)15(18)16-8-11-6-7-21(19,20)10-11/h2-5,9,11H,6-8,10H2,1H3,(H,16,18)/t11-/m0/s1. The molecule has 0 radical (unpaired) electrons. The Morgan fingerprint density at radius 1 is 1.38 bits per heavy atom. The van der Waals surface area contributed by atoms with E-state index in [1.165, 1.54) is 0 Å². The van der Waals surface area contributed by atoms with Gasteiger partial charge in [0.1, 0.15) is 0 Å². The molecule has 21 heavy (non-hydrogen) atoms. The van der Waals surface area contributed by atoms with Crippen molar-refractivity contribution in [2.45, 2.75) is 6.42 Å². The largest absolute Gasteiger partial charge is 0.352 e. The third-order valence-corrected chi connectivity index (χ3v) is 5.86. The lowest BCUT2D eigenvalue weighted by molar-refractivity contribution is 0.0950. The Bertz CT molecular complexity index is 792. The summed E-state index contributed by atoms with van der Waals surface area (Å²) in [4.78, 5) is 12.3. The Morgan fingerprint density at radius 3 is 2.86 bits per heavy atom. The molecule has 5 nitrogen and oxygen atoms in total. The number of hydrogen-bond acceptors (Lipinski definition) is 3. The molecule has 112 valence electrons. The highest BCUT2D eigenvalue weighted by molar-refractivity contribution is 7.91. The summed E-state index contributed by atoms with van der Waals surface area (Å²) in [5.41, 5.74) is 1.64. The SMILES string of the molecule is Cn1cc(C(=O)NC[C@@H]2CCS(=O)(=O)C2)c2ccccc21. The molecule has 0 saturated carbocycles. The average Bonchev–Trinajstić information content (AvgIpc) is 2.97. The van der Waals surface area contributed by atoms with E-state index in [-0.39, 0.29) is 23.3 Å². The van der Waals surface area contributed by atoms with E-state index in [1.54, 1.807) is 0 Å². The van der Waals surface area contributed by atoms with E-state index < -0.39 is 9.84 Å². The van der Waals surface area contributed by atoms with Crippen LogP contribution in [0.4, 0.5) is 0 Å². The summed E-state index contributed by atoms with van der Waals surface area (Å²) in [6, 6.07) is 7.73. The molecule has 1 aliphatic heterocycles. The maximum Gasteiger partial charge on any atom is 0.253 e. The fourth-order valence-electron chi connectivity index (χ4n) is 2.89. The molecule has 1 amide bonds. The van der Waals surface area contributed by atoms with Crippen LogP contribution < -0.4 is 5.32 Å². The van der Waals surface area contributed by atoms with Crippen LogP contribution in [0.25, 0.3) is 10.9 Å². The summed E-state index contributed by atoms with van der Waals surface area (Å²) < 4.78 is 24.8. The van der Waals surface area contributed by atoms with E-state index in [0.29, 0.717) is 18.5 Å². The van der Waals surface area contributed by atoms with Gasteiger partial charge in [0.25, 0.3) is 5.91 Å². The van der Waals surface area contributed by atoms with Crippen LogP contribution in [0.2, 0.25) is 0 Å². The van der Waals surface area contributed by atoms with E-state index >= 15 is 0 Å². The topological polar surface area (TPSA) is 68.2 Å². The number of nitrogens with one attached hydrogen (secondary N) is 1. The van der Waals surface area contributed by atoms with Crippen LogP contribution in [-0.2, 0) is 16.9 Å². The lowest BCUT2D eigenvalue weighted by Crippen LogP contribution is -2.29. The number of benzene rings is 1. The normalized spacial score (nSPS) is 20.7. The molecular formula is C15H18N2O3S. The molecule has 6 heteroatoms. The van der Waals surface area contributed by atoms with E-state index in [2.05, 4.69) is 5.32 Å². The quantitative estimate of drug-likeness (QED) is 0.930. The molecule has 1 aliphatic rings. The van der Waals surface area contributed by atoms with Crippen molar-refractivity contribution < 1.29 is 13.2 Å². The molecule has 1 saturated heterocycles. The monoisotopic (exact) mass is 306 g/mol. The van der Waals surface area contributed by atoms with Crippen LogP contribution in [-0.4, -0.2) is 36.9 Å². The van der Waals surface area contributed by atoms with Crippen LogP contribution in [0.5, 0.6) is 0 Å². The van der Waals surface area contributed by atoms with Gasteiger partial charge in [-0.25, -0.2) is 8.42 Å². The lowest BCUT2D eigenvalue weighted by Gasteiger charge is -2.09. The number of hydrogen-bond donors (Lipinski definition) is 1. The minimum Gasteiger partial charge on any atom is -0.352 e. The highest BCUT2D eigenvalue weighted by atomic mass is 32.2. The minimum atomic E-state index is -2.89. The molecule has 0 unspecified atom stereocenters. The van der Waals surface area contributed by atoms with Crippen molar-refractivity contribution in [3.63, 3.8) is 0 Å². The van der Waals surface area contributed by atoms with Crippen molar-refractivity contribution in [1.82, 2.24) is 9.88 Å². The summed E-state index contributed by atoms with van der Waals surface area (Å²) in [7, 11) is -0.989. The predicted molar refractivity (Wildman–Crippen MR) is 82.0 cm³/mol. The third kappa shape index (κ3) is 2.81. The summed E-state index contributed by atoms with van der Waals surface area (Å²) in [6.45, 7) is 0.418. The van der Waals surface area contributed by atoms with Crippen LogP contribution >= 0.6 is 0 Å². The lowest BCUT2D eigenvalue weighted by atomic mass is 10.1. The summed E-state index contributed by atoms with van der Waals surface area (Å²) >= 11 is 0. The van der Waals surface area contributed by atoms with Gasteiger partial charge >= 0.3 is 0 Å². The van der Waals surface area contributed by atoms with Gasteiger partial charge in [-0.2, -0.15) is 0 Å². The van der Waals surface area contributed by atoms with Crippen LogP contribution in [0.15, 0.2) is 30.5 Å². The van der Waals surface area contributed by atoms with Crippen LogP contribution in [0.1, 0.15) is 16.8 Å². The van der Waals surface area contributed by atoms with Crippen molar-refractivity contribution in [2.75, 3.05) is 18.1 Å². The second kappa shape index (κ2) is 5.18. The Morgan fingerprint density at radius 2 is 2.14 bits per heavy atom. The fourth-order valence-corrected chi connectivity index (χ4v) is 4.75. The van der Waals surface area contributed by atoms with Gasteiger partial charge in [-0.05, 0) is 18.4 Å². The number of carbonyl (C=O) groups is 1. The average molecular weight is 306 g/mol.